The number of aromatic nitrogens is 2. The Kier molecular flexibility index (Phi) is 2.94. The zero-order valence-corrected chi connectivity index (χ0v) is 9.64. The molecule has 0 aliphatic rings. The van der Waals surface area contributed by atoms with Gasteiger partial charge in [-0.05, 0) is 19.1 Å². The number of nitrogens with zero attached hydrogens (tertiary/aromatic N) is 2. The molecule has 1 aromatic heterocycles. The highest BCUT2D eigenvalue weighted by Gasteiger charge is 2.26. The third-order valence-electron chi connectivity index (χ3n) is 2.17. The second kappa shape index (κ2) is 4.40. The zero-order chi connectivity index (χ0) is 12.3. The molecule has 4 nitrogen and oxygen atoms in total. The van der Waals surface area contributed by atoms with Crippen LogP contribution in [0.5, 0.6) is 0 Å². The summed E-state index contributed by atoms with van der Waals surface area (Å²) in [6.07, 6.45) is 0. The third-order valence-corrected chi connectivity index (χ3v) is 2.17. The summed E-state index contributed by atoms with van der Waals surface area (Å²) in [5.74, 6) is 6.09. The monoisotopic (exact) mass is 228 g/mol. The minimum Gasteiger partial charge on any atom is -0.421 e. The topological polar surface area (TPSA) is 59.2 Å². The summed E-state index contributed by atoms with van der Waals surface area (Å²) in [7, 11) is 0. The van der Waals surface area contributed by atoms with Crippen molar-refractivity contribution >= 4 is 0 Å². The van der Waals surface area contributed by atoms with Crippen LogP contribution in [-0.2, 0) is 5.60 Å². The van der Waals surface area contributed by atoms with Crippen LogP contribution in [-0.4, -0.2) is 15.3 Å². The number of rotatable bonds is 1. The molecule has 1 atom stereocenters. The van der Waals surface area contributed by atoms with E-state index in [0.717, 1.165) is 5.56 Å². The molecule has 2 rings (SSSR count). The first-order valence-corrected chi connectivity index (χ1v) is 5.19. The van der Waals surface area contributed by atoms with E-state index in [9.17, 15) is 5.11 Å². The van der Waals surface area contributed by atoms with Crippen molar-refractivity contribution in [2.24, 2.45) is 0 Å². The van der Waals surface area contributed by atoms with Crippen LogP contribution in [0.25, 0.3) is 0 Å². The normalized spacial score (nSPS) is 13.6. The Balaban J connectivity index is 2.26. The fourth-order valence-electron chi connectivity index (χ4n) is 1.26. The molecule has 0 radical (unpaired) electrons. The van der Waals surface area contributed by atoms with Gasteiger partial charge in [0.15, 0.2) is 0 Å². The van der Waals surface area contributed by atoms with Crippen LogP contribution in [0.2, 0.25) is 0 Å². The van der Waals surface area contributed by atoms with Crippen molar-refractivity contribution in [1.82, 2.24) is 10.2 Å². The van der Waals surface area contributed by atoms with Crippen LogP contribution in [0.3, 0.4) is 0 Å². The van der Waals surface area contributed by atoms with E-state index in [1.54, 1.807) is 6.92 Å². The van der Waals surface area contributed by atoms with Crippen LogP contribution in [0.4, 0.5) is 0 Å². The smallest absolute Gasteiger partial charge is 0.260 e. The van der Waals surface area contributed by atoms with Crippen molar-refractivity contribution in [1.29, 1.82) is 0 Å². The van der Waals surface area contributed by atoms with Crippen molar-refractivity contribution in [2.75, 3.05) is 0 Å². The van der Waals surface area contributed by atoms with E-state index < -0.39 is 5.60 Å². The first-order valence-electron chi connectivity index (χ1n) is 5.19. The van der Waals surface area contributed by atoms with Crippen LogP contribution in [0.1, 0.15) is 24.3 Å². The van der Waals surface area contributed by atoms with Crippen molar-refractivity contribution in [3.05, 3.63) is 47.7 Å². The summed E-state index contributed by atoms with van der Waals surface area (Å²) in [6.45, 7) is 3.19. The van der Waals surface area contributed by atoms with E-state index in [-0.39, 0.29) is 5.89 Å². The molecule has 0 fully saturated rings. The molecule has 0 amide bonds. The highest BCUT2D eigenvalue weighted by molar-refractivity contribution is 5.36. The molecule has 17 heavy (non-hydrogen) atoms. The molecule has 1 N–H and O–H groups in total. The lowest BCUT2D eigenvalue weighted by molar-refractivity contribution is 0.0881. The quantitative estimate of drug-likeness (QED) is 0.754. The van der Waals surface area contributed by atoms with Gasteiger partial charge in [-0.2, -0.15) is 0 Å². The fourth-order valence-corrected chi connectivity index (χ4v) is 1.26. The van der Waals surface area contributed by atoms with Crippen molar-refractivity contribution in [2.45, 2.75) is 19.4 Å². The van der Waals surface area contributed by atoms with Gasteiger partial charge in [-0.15, -0.1) is 10.2 Å². The number of aryl methyl sites for hydroxylation is 1. The predicted molar refractivity (Wildman–Crippen MR) is 61.9 cm³/mol. The van der Waals surface area contributed by atoms with Crippen LogP contribution < -0.4 is 0 Å². The van der Waals surface area contributed by atoms with E-state index in [0.29, 0.717) is 5.89 Å². The van der Waals surface area contributed by atoms with Crippen LogP contribution in [0.15, 0.2) is 34.7 Å². The maximum Gasteiger partial charge on any atom is 0.260 e. The first kappa shape index (κ1) is 11.4. The molecule has 0 bridgehead atoms. The molecule has 0 saturated heterocycles. The molecule has 0 aliphatic heterocycles. The van der Waals surface area contributed by atoms with Gasteiger partial charge in [0, 0.05) is 12.5 Å². The highest BCUT2D eigenvalue weighted by Crippen LogP contribution is 2.17. The number of benzene rings is 1. The molecule has 0 unspecified atom stereocenters. The number of hydrogen-bond donors (Lipinski definition) is 1. The molecule has 4 heteroatoms. The van der Waals surface area contributed by atoms with Gasteiger partial charge >= 0.3 is 0 Å². The molecule has 0 aliphatic carbocycles. The Morgan fingerprint density at radius 2 is 1.94 bits per heavy atom. The summed E-state index contributed by atoms with van der Waals surface area (Å²) in [6, 6.07) is 9.40. The van der Waals surface area contributed by atoms with Gasteiger partial charge in [0.2, 0.25) is 11.5 Å². The molecule has 1 heterocycles. The molecular formula is C13H12N2O2. The summed E-state index contributed by atoms with van der Waals surface area (Å²) in [4.78, 5) is 0. The van der Waals surface area contributed by atoms with E-state index in [1.807, 2.05) is 30.3 Å². The van der Waals surface area contributed by atoms with Crippen molar-refractivity contribution in [3.63, 3.8) is 0 Å². The van der Waals surface area contributed by atoms with Crippen LogP contribution in [0, 0.1) is 18.8 Å². The average molecular weight is 228 g/mol. The lowest BCUT2D eigenvalue weighted by Gasteiger charge is -2.09. The van der Waals surface area contributed by atoms with Gasteiger partial charge in [-0.25, -0.2) is 0 Å². The fraction of sp³-hybridized carbons (Fsp3) is 0.231. The standard InChI is InChI=1S/C13H12N2O2/c1-10-14-15-12(17-10)13(2,16)9-8-11-6-4-3-5-7-11/h3-7,16H,1-2H3/t13-/m1/s1. The summed E-state index contributed by atoms with van der Waals surface area (Å²) >= 11 is 0. The van der Waals surface area contributed by atoms with Gasteiger partial charge in [-0.3, -0.25) is 0 Å². The maximum absolute atomic E-state index is 10.1. The van der Waals surface area contributed by atoms with E-state index in [2.05, 4.69) is 22.0 Å². The number of hydrogen-bond acceptors (Lipinski definition) is 4. The molecular weight excluding hydrogens is 216 g/mol. The van der Waals surface area contributed by atoms with Crippen molar-refractivity contribution in [3.8, 4) is 11.8 Å². The van der Waals surface area contributed by atoms with Crippen molar-refractivity contribution < 1.29 is 9.52 Å². The highest BCUT2D eigenvalue weighted by atomic mass is 16.4. The minimum absolute atomic E-state index is 0.110. The van der Waals surface area contributed by atoms with E-state index in [4.69, 9.17) is 4.42 Å². The Bertz CT molecular complexity index is 562. The van der Waals surface area contributed by atoms with E-state index in [1.165, 1.54) is 6.92 Å². The summed E-state index contributed by atoms with van der Waals surface area (Å²) < 4.78 is 5.16. The lowest BCUT2D eigenvalue weighted by atomic mass is 10.1. The summed E-state index contributed by atoms with van der Waals surface area (Å²) in [5.41, 5.74) is -0.610. The molecule has 0 saturated carbocycles. The molecule has 86 valence electrons. The minimum atomic E-state index is -1.43. The largest absolute Gasteiger partial charge is 0.421 e. The average Bonchev–Trinajstić information content (AvgIpc) is 2.76. The third kappa shape index (κ3) is 2.71. The maximum atomic E-state index is 10.1. The second-order valence-electron chi connectivity index (χ2n) is 3.81. The Labute approximate surface area is 99.3 Å². The van der Waals surface area contributed by atoms with Crippen LogP contribution >= 0.6 is 0 Å². The van der Waals surface area contributed by atoms with Gasteiger partial charge in [0.05, 0.1) is 0 Å². The van der Waals surface area contributed by atoms with Gasteiger partial charge in [-0.1, -0.05) is 30.0 Å². The molecule has 1 aromatic carbocycles. The molecule has 0 spiro atoms. The van der Waals surface area contributed by atoms with E-state index >= 15 is 0 Å². The Morgan fingerprint density at radius 3 is 2.53 bits per heavy atom. The Hall–Kier alpha value is -2.12. The molecule has 2 aromatic rings. The predicted octanol–water partition coefficient (Wildman–Crippen LogP) is 1.64. The second-order valence-corrected chi connectivity index (χ2v) is 3.81. The number of aliphatic hydroxyl groups is 1. The SMILES string of the molecule is Cc1nnc([C@](C)(O)C#Cc2ccccc2)o1. The van der Waals surface area contributed by atoms with Gasteiger partial charge in [0.1, 0.15) is 0 Å². The van der Waals surface area contributed by atoms with Gasteiger partial charge < -0.3 is 9.52 Å². The van der Waals surface area contributed by atoms with Gasteiger partial charge in [0.25, 0.3) is 5.89 Å². The summed E-state index contributed by atoms with van der Waals surface area (Å²) in [5, 5.41) is 17.5. The lowest BCUT2D eigenvalue weighted by Crippen LogP contribution is -2.19. The zero-order valence-electron chi connectivity index (χ0n) is 9.64. The Morgan fingerprint density at radius 1 is 1.24 bits per heavy atom. The first-order chi connectivity index (χ1) is 8.08.